The Balaban J connectivity index is 2.29. The van der Waals surface area contributed by atoms with E-state index in [1.165, 1.54) is 5.56 Å². The molecule has 34 heavy (non-hydrogen) atoms. The summed E-state index contributed by atoms with van der Waals surface area (Å²) in [5.41, 5.74) is 8.50. The molecule has 0 aliphatic carbocycles. The summed E-state index contributed by atoms with van der Waals surface area (Å²) in [7, 11) is 4.08. The van der Waals surface area contributed by atoms with Gasteiger partial charge in [0, 0.05) is 53.7 Å². The van der Waals surface area contributed by atoms with Crippen LogP contribution in [0.3, 0.4) is 0 Å². The number of rotatable bonds is 10. The van der Waals surface area contributed by atoms with Gasteiger partial charge in [-0.05, 0) is 66.6 Å². The van der Waals surface area contributed by atoms with Crippen molar-refractivity contribution < 1.29 is 0 Å². The van der Waals surface area contributed by atoms with E-state index in [2.05, 4.69) is 124 Å². The standard InChI is InChI=1S/C31H43N3/c1-11-29(23(4)32-27-16-18-28(19-17-27)34(9)10)30(20-21-31(6,7)8)24(5)33-26-14-12-25(13-15-26)22(2)3/h11-20,22,32-33H,4-5,21H2,1-3,6-10H3/b29-11-,30-20-. The Morgan fingerprint density at radius 2 is 1.32 bits per heavy atom. The first-order chi connectivity index (χ1) is 15.9. The SMILES string of the molecule is C=C(Nc1ccc(C(C)C)cc1)C(=C/CC(C)(C)C)/C(=C\C)C(=C)Nc1ccc(N(C)C)cc1. The Bertz CT molecular complexity index is 1030. The second-order valence-electron chi connectivity index (χ2n) is 10.5. The number of allylic oxidation sites excluding steroid dienone is 4. The average Bonchev–Trinajstić information content (AvgIpc) is 2.76. The van der Waals surface area contributed by atoms with Crippen LogP contribution in [-0.2, 0) is 0 Å². The Morgan fingerprint density at radius 3 is 1.74 bits per heavy atom. The second kappa shape index (κ2) is 11.8. The van der Waals surface area contributed by atoms with Crippen molar-refractivity contribution in [3.63, 3.8) is 0 Å². The van der Waals surface area contributed by atoms with Crippen molar-refractivity contribution in [1.82, 2.24) is 0 Å². The van der Waals surface area contributed by atoms with Crippen LogP contribution in [0.5, 0.6) is 0 Å². The number of nitrogens with one attached hydrogen (secondary N) is 2. The number of hydrogen-bond donors (Lipinski definition) is 2. The van der Waals surface area contributed by atoms with Gasteiger partial charge >= 0.3 is 0 Å². The maximum absolute atomic E-state index is 4.40. The summed E-state index contributed by atoms with van der Waals surface area (Å²) in [5.74, 6) is 0.510. The third kappa shape index (κ3) is 7.98. The van der Waals surface area contributed by atoms with Crippen LogP contribution in [0, 0.1) is 5.41 Å². The van der Waals surface area contributed by atoms with Gasteiger partial charge in [0.1, 0.15) is 0 Å². The highest BCUT2D eigenvalue weighted by atomic mass is 15.1. The molecule has 0 atom stereocenters. The van der Waals surface area contributed by atoms with Gasteiger partial charge in [0.05, 0.1) is 0 Å². The first-order valence-corrected chi connectivity index (χ1v) is 12.1. The van der Waals surface area contributed by atoms with E-state index in [4.69, 9.17) is 0 Å². The normalized spacial score (nSPS) is 12.5. The topological polar surface area (TPSA) is 27.3 Å². The van der Waals surface area contributed by atoms with Gasteiger partial charge in [-0.3, -0.25) is 0 Å². The lowest BCUT2D eigenvalue weighted by Gasteiger charge is -2.22. The van der Waals surface area contributed by atoms with Crippen molar-refractivity contribution >= 4 is 17.1 Å². The van der Waals surface area contributed by atoms with Crippen LogP contribution in [0.4, 0.5) is 17.1 Å². The average molecular weight is 458 g/mol. The Hall–Kier alpha value is -3.20. The molecule has 0 radical (unpaired) electrons. The molecule has 0 saturated heterocycles. The van der Waals surface area contributed by atoms with Crippen molar-refractivity contribution in [2.45, 2.75) is 53.9 Å². The Labute approximate surface area is 208 Å². The van der Waals surface area contributed by atoms with Gasteiger partial charge in [-0.25, -0.2) is 0 Å². The third-order valence-electron chi connectivity index (χ3n) is 5.70. The smallest absolute Gasteiger partial charge is 0.0388 e. The molecule has 182 valence electrons. The zero-order valence-corrected chi connectivity index (χ0v) is 22.4. The van der Waals surface area contributed by atoms with Gasteiger partial charge in [-0.2, -0.15) is 0 Å². The molecule has 2 N–H and O–H groups in total. The van der Waals surface area contributed by atoms with E-state index in [0.29, 0.717) is 5.92 Å². The molecule has 0 heterocycles. The first-order valence-electron chi connectivity index (χ1n) is 12.1. The predicted octanol–water partition coefficient (Wildman–Crippen LogP) is 8.74. The molecular weight excluding hydrogens is 414 g/mol. The summed E-state index contributed by atoms with van der Waals surface area (Å²) in [5, 5.41) is 7.00. The van der Waals surface area contributed by atoms with E-state index in [9.17, 15) is 0 Å². The van der Waals surface area contributed by atoms with Gasteiger partial charge in [0.2, 0.25) is 0 Å². The van der Waals surface area contributed by atoms with Crippen LogP contribution < -0.4 is 15.5 Å². The van der Waals surface area contributed by atoms with Crippen molar-refractivity contribution in [2.24, 2.45) is 5.41 Å². The second-order valence-corrected chi connectivity index (χ2v) is 10.5. The van der Waals surface area contributed by atoms with Crippen molar-refractivity contribution in [3.8, 4) is 0 Å². The summed E-state index contributed by atoms with van der Waals surface area (Å²) in [6.07, 6.45) is 5.30. The number of anilines is 3. The van der Waals surface area contributed by atoms with Crippen LogP contribution in [0.25, 0.3) is 0 Å². The number of benzene rings is 2. The zero-order valence-electron chi connectivity index (χ0n) is 22.4. The van der Waals surface area contributed by atoms with Crippen LogP contribution in [0.15, 0.2) is 96.4 Å². The highest BCUT2D eigenvalue weighted by Crippen LogP contribution is 2.30. The molecule has 0 aliphatic heterocycles. The van der Waals surface area contributed by atoms with Crippen molar-refractivity contribution in [1.29, 1.82) is 0 Å². The molecule has 0 aromatic heterocycles. The molecule has 0 unspecified atom stereocenters. The summed E-state index contributed by atoms with van der Waals surface area (Å²) >= 11 is 0. The van der Waals surface area contributed by atoms with Gasteiger partial charge in [0.25, 0.3) is 0 Å². The largest absolute Gasteiger partial charge is 0.378 e. The molecular formula is C31H43N3. The molecule has 3 heteroatoms. The molecule has 0 aliphatic rings. The highest BCUT2D eigenvalue weighted by molar-refractivity contribution is 5.66. The third-order valence-corrected chi connectivity index (χ3v) is 5.70. The van der Waals surface area contributed by atoms with E-state index in [-0.39, 0.29) is 5.41 Å². The lowest BCUT2D eigenvalue weighted by Crippen LogP contribution is -2.11. The minimum Gasteiger partial charge on any atom is -0.378 e. The van der Waals surface area contributed by atoms with Gasteiger partial charge < -0.3 is 15.5 Å². The van der Waals surface area contributed by atoms with E-state index in [0.717, 1.165) is 46.0 Å². The van der Waals surface area contributed by atoms with Gasteiger partial charge in [-0.15, -0.1) is 0 Å². The number of nitrogens with zero attached hydrogens (tertiary/aromatic N) is 1. The van der Waals surface area contributed by atoms with E-state index < -0.39 is 0 Å². The Kier molecular flexibility index (Phi) is 9.37. The predicted molar refractivity (Wildman–Crippen MR) is 153 cm³/mol. The molecule has 2 rings (SSSR count). The lowest BCUT2D eigenvalue weighted by atomic mass is 9.89. The van der Waals surface area contributed by atoms with Crippen molar-refractivity contribution in [3.05, 3.63) is 102 Å². The summed E-state index contributed by atoms with van der Waals surface area (Å²) in [6, 6.07) is 16.9. The van der Waals surface area contributed by atoms with Gasteiger partial charge in [0.15, 0.2) is 0 Å². The van der Waals surface area contributed by atoms with Crippen LogP contribution in [-0.4, -0.2) is 14.1 Å². The Morgan fingerprint density at radius 1 is 0.853 bits per heavy atom. The highest BCUT2D eigenvalue weighted by Gasteiger charge is 2.16. The molecule has 2 aromatic rings. The molecule has 3 nitrogen and oxygen atoms in total. The van der Waals surface area contributed by atoms with E-state index in [1.807, 2.05) is 21.0 Å². The molecule has 0 spiro atoms. The van der Waals surface area contributed by atoms with E-state index >= 15 is 0 Å². The van der Waals surface area contributed by atoms with Crippen LogP contribution >= 0.6 is 0 Å². The molecule has 0 saturated carbocycles. The monoisotopic (exact) mass is 457 g/mol. The molecule has 0 fully saturated rings. The summed E-state index contributed by atoms with van der Waals surface area (Å²) in [4.78, 5) is 2.09. The molecule has 2 aromatic carbocycles. The summed E-state index contributed by atoms with van der Waals surface area (Å²) < 4.78 is 0. The fourth-order valence-corrected chi connectivity index (χ4v) is 3.57. The fourth-order valence-electron chi connectivity index (χ4n) is 3.57. The van der Waals surface area contributed by atoms with E-state index in [1.54, 1.807) is 0 Å². The minimum absolute atomic E-state index is 0.167. The molecule has 0 amide bonds. The van der Waals surface area contributed by atoms with Crippen molar-refractivity contribution in [2.75, 3.05) is 29.6 Å². The summed E-state index contributed by atoms with van der Waals surface area (Å²) in [6.45, 7) is 22.0. The maximum Gasteiger partial charge on any atom is 0.0388 e. The van der Waals surface area contributed by atoms with Gasteiger partial charge in [-0.1, -0.05) is 72.1 Å². The molecule has 0 bridgehead atoms. The van der Waals surface area contributed by atoms with Crippen LogP contribution in [0.2, 0.25) is 0 Å². The van der Waals surface area contributed by atoms with Crippen LogP contribution in [0.1, 0.15) is 59.4 Å². The zero-order chi connectivity index (χ0) is 25.5. The quantitative estimate of drug-likeness (QED) is 0.349. The minimum atomic E-state index is 0.167. The lowest BCUT2D eigenvalue weighted by molar-refractivity contribution is 0.420. The first kappa shape index (κ1) is 27.0. The maximum atomic E-state index is 4.40. The number of hydrogen-bond acceptors (Lipinski definition) is 3. The fraction of sp³-hybridized carbons (Fsp3) is 0.355.